The molecule has 0 aliphatic carbocycles. The molecule has 2 aromatic carbocycles. The van der Waals surface area contributed by atoms with E-state index in [0.717, 1.165) is 42.7 Å². The monoisotopic (exact) mass is 420 g/mol. The van der Waals surface area contributed by atoms with Crippen LogP contribution >= 0.6 is 0 Å². The van der Waals surface area contributed by atoms with Crippen LogP contribution in [-0.4, -0.2) is 36.4 Å². The summed E-state index contributed by atoms with van der Waals surface area (Å²) in [5.74, 6) is 0.285. The molecule has 1 aliphatic rings. The second kappa shape index (κ2) is 10.3. The van der Waals surface area contributed by atoms with E-state index in [0.29, 0.717) is 17.8 Å². The Labute approximate surface area is 185 Å². The lowest BCUT2D eigenvalue weighted by atomic mass is 10.0. The van der Waals surface area contributed by atoms with Crippen molar-refractivity contribution in [3.8, 4) is 5.75 Å². The Bertz CT molecular complexity index is 933. The summed E-state index contributed by atoms with van der Waals surface area (Å²) in [6, 6.07) is 17.1. The Morgan fingerprint density at radius 3 is 2.19 bits per heavy atom. The molecule has 1 aliphatic heterocycles. The summed E-state index contributed by atoms with van der Waals surface area (Å²) in [5.41, 5.74) is 2.46. The number of amides is 2. The number of para-hydroxylation sites is 1. The number of rotatable bonds is 10. The molecule has 0 bridgehead atoms. The molecule has 0 unspecified atom stereocenters. The van der Waals surface area contributed by atoms with E-state index >= 15 is 0 Å². The van der Waals surface area contributed by atoms with E-state index in [-0.39, 0.29) is 17.9 Å². The molecule has 2 aromatic rings. The van der Waals surface area contributed by atoms with Crippen LogP contribution in [0.15, 0.2) is 60.3 Å². The second-order valence-electron chi connectivity index (χ2n) is 8.13. The average Bonchev–Trinajstić information content (AvgIpc) is 3.01. The number of imide groups is 1. The van der Waals surface area contributed by atoms with Crippen LogP contribution in [0.4, 0.5) is 5.69 Å². The molecule has 0 spiro atoms. The summed E-state index contributed by atoms with van der Waals surface area (Å²) in [4.78, 5) is 30.0. The standard InChI is InChI=1S/C26H32N2O3/c1-5-6-7-11-18-28-25(29)23(20-14-16-22(17-15-20)31-19(2)3)24(26(28)30)27(4)21-12-9-8-10-13-21/h8-10,12-17,19H,5-7,11,18H2,1-4H3. The number of anilines is 1. The van der Waals surface area contributed by atoms with E-state index in [9.17, 15) is 9.59 Å². The van der Waals surface area contributed by atoms with E-state index < -0.39 is 0 Å². The SMILES string of the molecule is CCCCCCN1C(=O)C(c2ccc(OC(C)C)cc2)=C(N(C)c2ccccc2)C1=O. The zero-order valence-corrected chi connectivity index (χ0v) is 18.9. The van der Waals surface area contributed by atoms with Crippen LogP contribution in [0.1, 0.15) is 52.0 Å². The van der Waals surface area contributed by atoms with E-state index in [4.69, 9.17) is 4.74 Å². The molecule has 0 aromatic heterocycles. The van der Waals surface area contributed by atoms with Crippen LogP contribution in [0.5, 0.6) is 5.75 Å². The van der Waals surface area contributed by atoms with Crippen molar-refractivity contribution in [3.63, 3.8) is 0 Å². The topological polar surface area (TPSA) is 49.9 Å². The number of hydrogen-bond donors (Lipinski definition) is 0. The first kappa shape index (κ1) is 22.6. The summed E-state index contributed by atoms with van der Waals surface area (Å²) in [6.45, 7) is 6.53. The van der Waals surface area contributed by atoms with Gasteiger partial charge in [-0.2, -0.15) is 0 Å². The van der Waals surface area contributed by atoms with E-state index in [1.165, 1.54) is 4.90 Å². The zero-order chi connectivity index (χ0) is 22.4. The lowest BCUT2D eigenvalue weighted by Gasteiger charge is -2.21. The van der Waals surface area contributed by atoms with Crippen molar-refractivity contribution in [2.45, 2.75) is 52.6 Å². The Balaban J connectivity index is 1.97. The lowest BCUT2D eigenvalue weighted by molar-refractivity contribution is -0.136. The highest BCUT2D eigenvalue weighted by Crippen LogP contribution is 2.34. The Morgan fingerprint density at radius 1 is 0.903 bits per heavy atom. The number of likely N-dealkylation sites (N-methyl/N-ethyl adjacent to an activating group) is 1. The maximum Gasteiger partial charge on any atom is 0.278 e. The normalized spacial score (nSPS) is 14.0. The molecule has 3 rings (SSSR count). The molecule has 0 saturated heterocycles. The molecule has 0 radical (unpaired) electrons. The fraction of sp³-hybridized carbons (Fsp3) is 0.385. The first-order chi connectivity index (χ1) is 14.9. The molecule has 31 heavy (non-hydrogen) atoms. The average molecular weight is 421 g/mol. The van der Waals surface area contributed by atoms with Crippen LogP contribution < -0.4 is 9.64 Å². The molecule has 0 saturated carbocycles. The third kappa shape index (κ3) is 5.16. The van der Waals surface area contributed by atoms with Crippen molar-refractivity contribution < 1.29 is 14.3 Å². The highest BCUT2D eigenvalue weighted by atomic mass is 16.5. The maximum atomic E-state index is 13.4. The van der Waals surface area contributed by atoms with Gasteiger partial charge >= 0.3 is 0 Å². The van der Waals surface area contributed by atoms with Gasteiger partial charge in [0, 0.05) is 19.3 Å². The molecule has 5 heteroatoms. The minimum Gasteiger partial charge on any atom is -0.491 e. The fourth-order valence-corrected chi connectivity index (χ4v) is 3.79. The van der Waals surface area contributed by atoms with E-state index in [1.807, 2.05) is 80.4 Å². The molecule has 0 N–H and O–H groups in total. The second-order valence-corrected chi connectivity index (χ2v) is 8.13. The smallest absolute Gasteiger partial charge is 0.278 e. The van der Waals surface area contributed by atoms with Crippen molar-refractivity contribution in [3.05, 3.63) is 65.9 Å². The Morgan fingerprint density at radius 2 is 1.58 bits per heavy atom. The van der Waals surface area contributed by atoms with Gasteiger partial charge in [0.2, 0.25) is 0 Å². The van der Waals surface area contributed by atoms with Crippen LogP contribution in [0.2, 0.25) is 0 Å². The number of benzene rings is 2. The first-order valence-electron chi connectivity index (χ1n) is 11.1. The molecule has 164 valence electrons. The van der Waals surface area contributed by atoms with Gasteiger partial charge in [-0.15, -0.1) is 0 Å². The predicted molar refractivity (Wildman–Crippen MR) is 125 cm³/mol. The number of ether oxygens (including phenoxy) is 1. The minimum atomic E-state index is -0.231. The molecule has 1 heterocycles. The summed E-state index contributed by atoms with van der Waals surface area (Å²) in [7, 11) is 1.84. The van der Waals surface area contributed by atoms with Crippen LogP contribution in [0.25, 0.3) is 5.57 Å². The van der Waals surface area contributed by atoms with Gasteiger partial charge in [-0.3, -0.25) is 14.5 Å². The summed E-state index contributed by atoms with van der Waals surface area (Å²) >= 11 is 0. The largest absolute Gasteiger partial charge is 0.491 e. The number of unbranched alkanes of at least 4 members (excludes halogenated alkanes) is 3. The molecule has 0 fully saturated rings. The Hall–Kier alpha value is -3.08. The highest BCUT2D eigenvalue weighted by Gasteiger charge is 2.40. The predicted octanol–water partition coefficient (Wildman–Crippen LogP) is 5.27. The van der Waals surface area contributed by atoms with Crippen LogP contribution in [0, 0.1) is 0 Å². The zero-order valence-electron chi connectivity index (χ0n) is 18.9. The van der Waals surface area contributed by atoms with Gasteiger partial charge in [0.25, 0.3) is 11.8 Å². The van der Waals surface area contributed by atoms with Crippen molar-refractivity contribution in [2.24, 2.45) is 0 Å². The first-order valence-corrected chi connectivity index (χ1v) is 11.1. The van der Waals surface area contributed by atoms with Crippen molar-refractivity contribution in [1.29, 1.82) is 0 Å². The molecular formula is C26H32N2O3. The van der Waals surface area contributed by atoms with Crippen molar-refractivity contribution in [1.82, 2.24) is 4.90 Å². The fourth-order valence-electron chi connectivity index (χ4n) is 3.79. The number of nitrogens with zero attached hydrogens (tertiary/aromatic N) is 2. The van der Waals surface area contributed by atoms with Gasteiger partial charge in [0.05, 0.1) is 11.7 Å². The molecule has 2 amide bonds. The lowest BCUT2D eigenvalue weighted by Crippen LogP contribution is -2.35. The minimum absolute atomic E-state index is 0.0677. The number of carbonyl (C=O) groups excluding carboxylic acids is 2. The quantitative estimate of drug-likeness (QED) is 0.388. The Kier molecular flexibility index (Phi) is 7.50. The van der Waals surface area contributed by atoms with Gasteiger partial charge in [-0.25, -0.2) is 0 Å². The van der Waals surface area contributed by atoms with Crippen LogP contribution in [0.3, 0.4) is 0 Å². The maximum absolute atomic E-state index is 13.4. The van der Waals surface area contributed by atoms with Gasteiger partial charge in [0.15, 0.2) is 0 Å². The van der Waals surface area contributed by atoms with Gasteiger partial charge in [-0.05, 0) is 50.1 Å². The molecule has 5 nitrogen and oxygen atoms in total. The summed E-state index contributed by atoms with van der Waals surface area (Å²) in [5, 5.41) is 0. The van der Waals surface area contributed by atoms with Gasteiger partial charge in [0.1, 0.15) is 11.4 Å². The van der Waals surface area contributed by atoms with E-state index in [2.05, 4.69) is 6.92 Å². The van der Waals surface area contributed by atoms with Gasteiger partial charge < -0.3 is 9.64 Å². The number of carbonyl (C=O) groups is 2. The third-order valence-electron chi connectivity index (χ3n) is 5.37. The summed E-state index contributed by atoms with van der Waals surface area (Å²) in [6.07, 6.45) is 4.11. The van der Waals surface area contributed by atoms with E-state index in [1.54, 1.807) is 0 Å². The van der Waals surface area contributed by atoms with Crippen molar-refractivity contribution >= 4 is 23.1 Å². The number of hydrogen-bond acceptors (Lipinski definition) is 4. The molecule has 0 atom stereocenters. The highest BCUT2D eigenvalue weighted by molar-refractivity contribution is 6.36. The van der Waals surface area contributed by atoms with Gasteiger partial charge in [-0.1, -0.05) is 56.5 Å². The molecular weight excluding hydrogens is 388 g/mol. The van der Waals surface area contributed by atoms with Crippen LogP contribution in [-0.2, 0) is 9.59 Å². The third-order valence-corrected chi connectivity index (χ3v) is 5.37. The summed E-state index contributed by atoms with van der Waals surface area (Å²) < 4.78 is 5.73. The van der Waals surface area contributed by atoms with Crippen molar-refractivity contribution in [2.75, 3.05) is 18.5 Å².